The number of hydrogen-bond acceptors (Lipinski definition) is 6. The topological polar surface area (TPSA) is 105 Å². The number of benzene rings is 1. The van der Waals surface area contributed by atoms with Gasteiger partial charge in [0.1, 0.15) is 17.8 Å². The average Bonchev–Trinajstić information content (AvgIpc) is 3.10. The van der Waals surface area contributed by atoms with Gasteiger partial charge in [-0.05, 0) is 30.3 Å². The first-order chi connectivity index (χ1) is 12.0. The summed E-state index contributed by atoms with van der Waals surface area (Å²) in [6.07, 6.45) is -1.42. The van der Waals surface area contributed by atoms with E-state index in [0.29, 0.717) is 23.0 Å². The summed E-state index contributed by atoms with van der Waals surface area (Å²) in [4.78, 5) is 12.2. The molecule has 3 aromatic rings. The van der Waals surface area contributed by atoms with E-state index in [2.05, 4.69) is 30.5 Å². The molecule has 0 spiro atoms. The molecule has 2 heterocycles. The third kappa shape index (κ3) is 3.91. The molecule has 0 bridgehead atoms. The van der Waals surface area contributed by atoms with Gasteiger partial charge in [-0.1, -0.05) is 0 Å². The van der Waals surface area contributed by atoms with E-state index in [1.165, 1.54) is 18.5 Å². The lowest BCUT2D eigenvalue weighted by molar-refractivity contribution is -0.137. The van der Waals surface area contributed by atoms with Crippen LogP contribution in [0.1, 0.15) is 17.4 Å². The van der Waals surface area contributed by atoms with Crippen molar-refractivity contribution in [2.24, 2.45) is 5.73 Å². The Bertz CT molecular complexity index is 815. The summed E-state index contributed by atoms with van der Waals surface area (Å²) in [6.45, 7) is 0.166. The number of aromatic nitrogens is 5. The first-order valence-electron chi connectivity index (χ1n) is 7.30. The second kappa shape index (κ2) is 6.85. The quantitative estimate of drug-likeness (QED) is 0.653. The second-order valence-corrected chi connectivity index (χ2v) is 5.15. The number of hydrogen-bond donors (Lipinski definition) is 3. The molecule has 0 fully saturated rings. The number of H-pyrrole nitrogens is 1. The number of nitrogens with one attached hydrogen (secondary N) is 2. The van der Waals surface area contributed by atoms with Crippen molar-refractivity contribution in [3.05, 3.63) is 54.2 Å². The van der Waals surface area contributed by atoms with Crippen LogP contribution in [0.15, 0.2) is 42.9 Å². The van der Waals surface area contributed by atoms with E-state index in [-0.39, 0.29) is 6.54 Å². The second-order valence-electron chi connectivity index (χ2n) is 5.15. The lowest BCUT2D eigenvalue weighted by Crippen LogP contribution is -2.22. The first-order valence-corrected chi connectivity index (χ1v) is 7.30. The zero-order chi connectivity index (χ0) is 17.9. The molecule has 0 aliphatic carbocycles. The summed E-state index contributed by atoms with van der Waals surface area (Å²) < 4.78 is 37.8. The smallest absolute Gasteiger partial charge is 0.374 e. The van der Waals surface area contributed by atoms with Gasteiger partial charge in [-0.2, -0.15) is 18.3 Å². The lowest BCUT2D eigenvalue weighted by Gasteiger charge is -2.16. The Morgan fingerprint density at radius 3 is 2.52 bits per heavy atom. The molecule has 7 nitrogen and oxygen atoms in total. The van der Waals surface area contributed by atoms with Gasteiger partial charge in [0.25, 0.3) is 0 Å². The highest BCUT2D eigenvalue weighted by Crippen LogP contribution is 2.30. The Morgan fingerprint density at radius 2 is 1.92 bits per heavy atom. The van der Waals surface area contributed by atoms with E-state index in [9.17, 15) is 13.2 Å². The monoisotopic (exact) mass is 349 g/mol. The minimum atomic E-state index is -4.37. The molecule has 3 rings (SSSR count). The molecule has 2 aromatic heterocycles. The predicted molar refractivity (Wildman–Crippen MR) is 84.3 cm³/mol. The van der Waals surface area contributed by atoms with Crippen LogP contribution < -0.4 is 11.1 Å². The number of halogens is 3. The zero-order valence-corrected chi connectivity index (χ0v) is 12.8. The average molecular weight is 349 g/mol. The molecule has 130 valence electrons. The molecule has 0 aliphatic heterocycles. The minimum absolute atomic E-state index is 0.166. The van der Waals surface area contributed by atoms with Gasteiger partial charge < -0.3 is 11.1 Å². The fourth-order valence-electron chi connectivity index (χ4n) is 2.16. The van der Waals surface area contributed by atoms with Crippen LogP contribution in [0, 0.1) is 0 Å². The highest BCUT2D eigenvalue weighted by atomic mass is 19.4. The summed E-state index contributed by atoms with van der Waals surface area (Å²) in [6, 6.07) is 5.90. The molecule has 1 unspecified atom stereocenters. The summed E-state index contributed by atoms with van der Waals surface area (Å²) >= 11 is 0. The maximum atomic E-state index is 12.6. The standard InChI is InChI=1S/C15H14F3N7/c16-15(17,18)9-1-3-10(4-2-9)22-12(7-19)14-23-13(24-25-14)11-5-6-20-8-21-11/h1-6,8,12,22H,7,19H2,(H,23,24,25). The largest absolute Gasteiger partial charge is 0.416 e. The van der Waals surface area contributed by atoms with Crippen LogP contribution in [0.5, 0.6) is 0 Å². The van der Waals surface area contributed by atoms with E-state index in [0.717, 1.165) is 12.1 Å². The Balaban J connectivity index is 1.76. The van der Waals surface area contributed by atoms with E-state index >= 15 is 0 Å². The molecule has 0 aliphatic rings. The van der Waals surface area contributed by atoms with Gasteiger partial charge >= 0.3 is 6.18 Å². The van der Waals surface area contributed by atoms with Crippen molar-refractivity contribution in [3.8, 4) is 11.5 Å². The van der Waals surface area contributed by atoms with Gasteiger partial charge in [-0.15, -0.1) is 0 Å². The fourth-order valence-corrected chi connectivity index (χ4v) is 2.16. The molecule has 10 heteroatoms. The minimum Gasteiger partial charge on any atom is -0.374 e. The van der Waals surface area contributed by atoms with Gasteiger partial charge in [-0.25, -0.2) is 15.0 Å². The van der Waals surface area contributed by atoms with Gasteiger partial charge in [0.2, 0.25) is 0 Å². The van der Waals surface area contributed by atoms with Crippen molar-refractivity contribution in [2.75, 3.05) is 11.9 Å². The van der Waals surface area contributed by atoms with Crippen molar-refractivity contribution in [1.82, 2.24) is 25.1 Å². The van der Waals surface area contributed by atoms with E-state index < -0.39 is 17.8 Å². The highest BCUT2D eigenvalue weighted by molar-refractivity contribution is 5.49. The maximum absolute atomic E-state index is 12.6. The van der Waals surface area contributed by atoms with Gasteiger partial charge in [-0.3, -0.25) is 5.10 Å². The van der Waals surface area contributed by atoms with Crippen LogP contribution in [-0.4, -0.2) is 31.7 Å². The molecule has 0 amide bonds. The van der Waals surface area contributed by atoms with Crippen LogP contribution in [0.2, 0.25) is 0 Å². The highest BCUT2D eigenvalue weighted by Gasteiger charge is 2.30. The third-order valence-electron chi connectivity index (χ3n) is 3.43. The number of nitrogens with zero attached hydrogens (tertiary/aromatic N) is 4. The first kappa shape index (κ1) is 16.8. The van der Waals surface area contributed by atoms with Crippen molar-refractivity contribution < 1.29 is 13.2 Å². The van der Waals surface area contributed by atoms with Crippen LogP contribution in [-0.2, 0) is 6.18 Å². The number of aromatic amines is 1. The van der Waals surface area contributed by atoms with Gasteiger partial charge in [0.15, 0.2) is 5.82 Å². The maximum Gasteiger partial charge on any atom is 0.416 e. The van der Waals surface area contributed by atoms with Crippen molar-refractivity contribution in [1.29, 1.82) is 0 Å². The van der Waals surface area contributed by atoms with E-state index in [4.69, 9.17) is 5.73 Å². The molecular weight excluding hydrogens is 335 g/mol. The molecule has 1 atom stereocenters. The number of anilines is 1. The molecule has 0 saturated carbocycles. The van der Waals surface area contributed by atoms with Crippen molar-refractivity contribution in [2.45, 2.75) is 12.2 Å². The van der Waals surface area contributed by atoms with E-state index in [1.807, 2.05) is 0 Å². The Hall–Kier alpha value is -3.01. The van der Waals surface area contributed by atoms with Crippen LogP contribution in [0.25, 0.3) is 11.5 Å². The van der Waals surface area contributed by atoms with Crippen LogP contribution >= 0.6 is 0 Å². The van der Waals surface area contributed by atoms with Crippen LogP contribution in [0.4, 0.5) is 18.9 Å². The van der Waals surface area contributed by atoms with Crippen molar-refractivity contribution >= 4 is 5.69 Å². The van der Waals surface area contributed by atoms with Crippen molar-refractivity contribution in [3.63, 3.8) is 0 Å². The summed E-state index contributed by atoms with van der Waals surface area (Å²) in [7, 11) is 0. The molecule has 4 N–H and O–H groups in total. The summed E-state index contributed by atoms with van der Waals surface area (Å²) in [5.41, 5.74) is 6.06. The predicted octanol–water partition coefficient (Wildman–Crippen LogP) is 2.39. The lowest BCUT2D eigenvalue weighted by atomic mass is 10.2. The fraction of sp³-hybridized carbons (Fsp3) is 0.200. The molecule has 0 saturated heterocycles. The Labute approximate surface area is 140 Å². The Morgan fingerprint density at radius 1 is 1.16 bits per heavy atom. The normalized spacial score (nSPS) is 12.8. The molecule has 0 radical (unpaired) electrons. The molecule has 1 aromatic carbocycles. The summed E-state index contributed by atoms with van der Waals surface area (Å²) in [5, 5.41) is 9.87. The SMILES string of the molecule is NCC(Nc1ccc(C(F)(F)F)cc1)c1nc(-c2ccncn2)n[nH]1. The third-order valence-corrected chi connectivity index (χ3v) is 3.43. The Kier molecular flexibility index (Phi) is 4.61. The number of nitrogens with two attached hydrogens (primary N) is 1. The van der Waals surface area contributed by atoms with Crippen LogP contribution in [0.3, 0.4) is 0 Å². The molecular formula is C15H14F3N7. The number of alkyl halides is 3. The number of rotatable bonds is 5. The zero-order valence-electron chi connectivity index (χ0n) is 12.8. The summed E-state index contributed by atoms with van der Waals surface area (Å²) in [5.74, 6) is 0.834. The molecule has 25 heavy (non-hydrogen) atoms. The van der Waals surface area contributed by atoms with Gasteiger partial charge in [0, 0.05) is 18.4 Å². The van der Waals surface area contributed by atoms with E-state index in [1.54, 1.807) is 12.3 Å². The van der Waals surface area contributed by atoms with Gasteiger partial charge in [0.05, 0.1) is 11.6 Å².